The first-order chi connectivity index (χ1) is 15.0. The van der Waals surface area contributed by atoms with Crippen LogP contribution in [0, 0.1) is 11.3 Å². The maximum atomic E-state index is 9.79. The zero-order chi connectivity index (χ0) is 21.6. The summed E-state index contributed by atoms with van der Waals surface area (Å²) in [5, 5.41) is 11.6. The van der Waals surface area contributed by atoms with Gasteiger partial charge in [0.05, 0.1) is 17.3 Å². The van der Waals surface area contributed by atoms with E-state index < -0.39 is 10.0 Å². The normalized spacial score (nSPS) is 12.2. The van der Waals surface area contributed by atoms with Crippen LogP contribution in [0.5, 0.6) is 0 Å². The Morgan fingerprint density at radius 2 is 1.58 bits per heavy atom. The van der Waals surface area contributed by atoms with Gasteiger partial charge in [0.2, 0.25) is 0 Å². The second-order valence-corrected chi connectivity index (χ2v) is 12.5. The number of benzene rings is 3. The Bertz CT molecular complexity index is 1450. The van der Waals surface area contributed by atoms with Crippen LogP contribution in [0.3, 0.4) is 0 Å². The molecule has 0 saturated heterocycles. The lowest BCUT2D eigenvalue weighted by atomic mass is 9.95. The van der Waals surface area contributed by atoms with Gasteiger partial charge in [-0.1, -0.05) is 30.3 Å². The van der Waals surface area contributed by atoms with Crippen molar-refractivity contribution in [2.75, 3.05) is 18.8 Å². The van der Waals surface area contributed by atoms with Gasteiger partial charge in [-0.25, -0.2) is 10.0 Å². The molecule has 0 unspecified atom stereocenters. The average molecular weight is 423 g/mol. The van der Waals surface area contributed by atoms with Gasteiger partial charge < -0.3 is 4.42 Å². The van der Waals surface area contributed by atoms with Crippen molar-refractivity contribution in [3.05, 3.63) is 84.6 Å². The number of hydrogen-bond acceptors (Lipinski definition) is 3. The third kappa shape index (κ3) is 3.28. The lowest BCUT2D eigenvalue weighted by Crippen LogP contribution is -1.92. The standard InChI is InChI=1S/C27H22N2OS/c1-31(2,3)20-12-10-18(11-13-20)21-14-15-22(23-8-4-5-16-29-23)27-26(21)25-19(17-28)7-6-9-24(25)30-27/h4-16H,1-3H3. The minimum atomic E-state index is -0.791. The fourth-order valence-corrected chi connectivity index (χ4v) is 4.97. The lowest BCUT2D eigenvalue weighted by Gasteiger charge is -2.25. The highest BCUT2D eigenvalue weighted by Crippen LogP contribution is 2.47. The van der Waals surface area contributed by atoms with E-state index in [0.717, 1.165) is 44.3 Å². The SMILES string of the molecule is CS(C)(C)c1ccc(-c2ccc(-c3ccccn3)c3oc4cccc(C#N)c4c23)cc1. The molecular formula is C27H22N2OS. The molecule has 0 aliphatic rings. The molecule has 0 fully saturated rings. The van der Waals surface area contributed by atoms with Crippen LogP contribution in [0.2, 0.25) is 0 Å². The molecule has 0 bridgehead atoms. The second kappa shape index (κ2) is 7.30. The molecule has 0 amide bonds. The molecule has 0 N–H and O–H groups in total. The molecule has 3 nitrogen and oxygen atoms in total. The molecule has 2 heterocycles. The van der Waals surface area contributed by atoms with E-state index in [-0.39, 0.29) is 0 Å². The van der Waals surface area contributed by atoms with Crippen molar-refractivity contribution < 1.29 is 4.42 Å². The number of hydrogen-bond donors (Lipinski definition) is 0. The summed E-state index contributed by atoms with van der Waals surface area (Å²) >= 11 is 0. The van der Waals surface area contributed by atoms with Gasteiger partial charge in [-0.2, -0.15) is 5.26 Å². The minimum Gasteiger partial charge on any atom is -0.455 e. The van der Waals surface area contributed by atoms with Gasteiger partial charge in [-0.05, 0) is 77.3 Å². The van der Waals surface area contributed by atoms with Crippen LogP contribution >= 0.6 is 10.0 Å². The third-order valence-corrected chi connectivity index (χ3v) is 7.27. The van der Waals surface area contributed by atoms with Crippen molar-refractivity contribution in [1.82, 2.24) is 4.98 Å². The third-order valence-electron chi connectivity index (χ3n) is 5.58. The van der Waals surface area contributed by atoms with Crippen LogP contribution < -0.4 is 0 Å². The number of furan rings is 1. The number of nitriles is 1. The Morgan fingerprint density at radius 3 is 2.26 bits per heavy atom. The molecule has 0 atom stereocenters. The van der Waals surface area contributed by atoms with E-state index >= 15 is 0 Å². The van der Waals surface area contributed by atoms with E-state index in [0.29, 0.717) is 5.56 Å². The fraction of sp³-hybridized carbons (Fsp3) is 0.111. The Kier molecular flexibility index (Phi) is 4.57. The molecule has 5 aromatic rings. The number of aromatic nitrogens is 1. The summed E-state index contributed by atoms with van der Waals surface area (Å²) < 4.78 is 6.33. The topological polar surface area (TPSA) is 49.8 Å². The Balaban J connectivity index is 1.85. The summed E-state index contributed by atoms with van der Waals surface area (Å²) in [7, 11) is -0.791. The zero-order valence-corrected chi connectivity index (χ0v) is 18.5. The molecular weight excluding hydrogens is 400 g/mol. The van der Waals surface area contributed by atoms with E-state index in [9.17, 15) is 5.26 Å². The van der Waals surface area contributed by atoms with Crippen LogP contribution in [-0.2, 0) is 0 Å². The highest BCUT2D eigenvalue weighted by molar-refractivity contribution is 8.32. The van der Waals surface area contributed by atoms with Gasteiger partial charge in [-0.15, -0.1) is 0 Å². The summed E-state index contributed by atoms with van der Waals surface area (Å²) in [5.41, 5.74) is 6.05. The Morgan fingerprint density at radius 1 is 0.806 bits per heavy atom. The first-order valence-corrected chi connectivity index (χ1v) is 12.9. The van der Waals surface area contributed by atoms with Gasteiger partial charge in [0.15, 0.2) is 0 Å². The molecule has 0 aliphatic carbocycles. The van der Waals surface area contributed by atoms with Crippen molar-refractivity contribution in [3.63, 3.8) is 0 Å². The van der Waals surface area contributed by atoms with E-state index in [4.69, 9.17) is 4.42 Å². The number of nitrogens with zero attached hydrogens (tertiary/aromatic N) is 2. The van der Waals surface area contributed by atoms with Crippen molar-refractivity contribution in [2.24, 2.45) is 0 Å². The van der Waals surface area contributed by atoms with Gasteiger partial charge in [0.25, 0.3) is 0 Å². The van der Waals surface area contributed by atoms with Crippen molar-refractivity contribution in [2.45, 2.75) is 4.90 Å². The van der Waals surface area contributed by atoms with E-state index in [1.54, 1.807) is 6.20 Å². The first kappa shape index (κ1) is 19.4. The maximum Gasteiger partial charge on any atom is 0.145 e. The quantitative estimate of drug-likeness (QED) is 0.308. The summed E-state index contributed by atoms with van der Waals surface area (Å²) in [4.78, 5) is 5.90. The Labute approximate surface area is 183 Å². The zero-order valence-electron chi connectivity index (χ0n) is 17.7. The van der Waals surface area contributed by atoms with Gasteiger partial charge in [0, 0.05) is 22.5 Å². The van der Waals surface area contributed by atoms with Crippen molar-refractivity contribution in [1.29, 1.82) is 5.26 Å². The summed E-state index contributed by atoms with van der Waals surface area (Å²) in [6.45, 7) is 0. The lowest BCUT2D eigenvalue weighted by molar-refractivity contribution is 0.670. The van der Waals surface area contributed by atoms with Crippen LogP contribution in [0.15, 0.2) is 88.3 Å². The molecule has 0 aliphatic heterocycles. The molecule has 0 spiro atoms. The van der Waals surface area contributed by atoms with Crippen molar-refractivity contribution >= 4 is 32.0 Å². The number of fused-ring (bicyclic) bond motifs is 3. The van der Waals surface area contributed by atoms with E-state index in [2.05, 4.69) is 66.2 Å². The van der Waals surface area contributed by atoms with Gasteiger partial charge >= 0.3 is 0 Å². The van der Waals surface area contributed by atoms with E-state index in [1.165, 1.54) is 4.90 Å². The van der Waals surface area contributed by atoms with Crippen LogP contribution in [0.25, 0.3) is 44.3 Å². The molecule has 0 saturated carbocycles. The minimum absolute atomic E-state index is 0.617. The smallest absolute Gasteiger partial charge is 0.145 e. The van der Waals surface area contributed by atoms with Crippen LogP contribution in [-0.4, -0.2) is 23.8 Å². The predicted octanol–water partition coefficient (Wildman–Crippen LogP) is 7.24. The molecule has 2 aromatic heterocycles. The monoisotopic (exact) mass is 422 g/mol. The van der Waals surface area contributed by atoms with E-state index in [1.807, 2.05) is 36.4 Å². The molecule has 4 heteroatoms. The van der Waals surface area contributed by atoms with Crippen LogP contribution in [0.4, 0.5) is 0 Å². The highest BCUT2D eigenvalue weighted by atomic mass is 32.3. The number of rotatable bonds is 3. The average Bonchev–Trinajstić information content (AvgIpc) is 3.18. The molecule has 5 rings (SSSR count). The van der Waals surface area contributed by atoms with Crippen molar-refractivity contribution in [3.8, 4) is 28.5 Å². The maximum absolute atomic E-state index is 9.79. The summed E-state index contributed by atoms with van der Waals surface area (Å²) in [5.74, 6) is 0. The van der Waals surface area contributed by atoms with Crippen LogP contribution in [0.1, 0.15) is 5.56 Å². The summed E-state index contributed by atoms with van der Waals surface area (Å²) in [6, 6.07) is 26.8. The van der Waals surface area contributed by atoms with Gasteiger partial charge in [0.1, 0.15) is 11.2 Å². The first-order valence-electron chi connectivity index (χ1n) is 10.1. The fourth-order valence-electron chi connectivity index (χ4n) is 4.02. The second-order valence-electron chi connectivity index (χ2n) is 8.33. The molecule has 3 aromatic carbocycles. The highest BCUT2D eigenvalue weighted by Gasteiger charge is 2.20. The molecule has 152 valence electrons. The predicted molar refractivity (Wildman–Crippen MR) is 131 cm³/mol. The molecule has 31 heavy (non-hydrogen) atoms. The number of pyridine rings is 1. The largest absolute Gasteiger partial charge is 0.455 e. The summed E-state index contributed by atoms with van der Waals surface area (Å²) in [6.07, 6.45) is 8.67. The van der Waals surface area contributed by atoms with Gasteiger partial charge in [-0.3, -0.25) is 4.98 Å². The Hall–Kier alpha value is -3.55. The molecule has 0 radical (unpaired) electrons.